The van der Waals surface area contributed by atoms with Crippen LogP contribution in [-0.4, -0.2) is 35.2 Å². The van der Waals surface area contributed by atoms with Gasteiger partial charge in [0, 0.05) is 18.5 Å². The van der Waals surface area contributed by atoms with E-state index in [1.807, 2.05) is 47.6 Å². The van der Waals surface area contributed by atoms with Crippen molar-refractivity contribution in [2.24, 2.45) is 0 Å². The number of rotatable bonds is 8. The standard InChI is InChI=1S/C27H28ClN3O4/c1-17(2)18-5-7-19(8-6-18)24-23(25(32)20-9-10-22(35-3)21(28)15-20)26(33)27(34)31(24)13-4-12-30-14-11-29-16-30/h5-11,14-17,24H,4,12-13H2,1-3H3,(H,32,33). The first-order valence-corrected chi connectivity index (χ1v) is 11.9. The van der Waals surface area contributed by atoms with Crippen molar-refractivity contribution >= 4 is 29.1 Å². The summed E-state index contributed by atoms with van der Waals surface area (Å²) in [5.74, 6) is -1.18. The van der Waals surface area contributed by atoms with Crippen LogP contribution in [0.25, 0.3) is 5.76 Å². The average Bonchev–Trinajstić information content (AvgIpc) is 3.46. The predicted molar refractivity (Wildman–Crippen MR) is 131 cm³/mol. The molecule has 182 valence electrons. The van der Waals surface area contributed by atoms with E-state index in [1.54, 1.807) is 12.1 Å². The average molecular weight is 494 g/mol. The summed E-state index contributed by atoms with van der Waals surface area (Å²) < 4.78 is 7.13. The van der Waals surface area contributed by atoms with Gasteiger partial charge in [-0.2, -0.15) is 0 Å². The number of likely N-dealkylation sites (tertiary alicyclic amines) is 1. The van der Waals surface area contributed by atoms with Crippen LogP contribution in [0.1, 0.15) is 48.9 Å². The first-order chi connectivity index (χ1) is 16.8. The van der Waals surface area contributed by atoms with E-state index in [-0.39, 0.29) is 16.2 Å². The van der Waals surface area contributed by atoms with Crippen molar-refractivity contribution in [3.8, 4) is 5.75 Å². The van der Waals surface area contributed by atoms with Gasteiger partial charge < -0.3 is 14.7 Å². The highest BCUT2D eigenvalue weighted by molar-refractivity contribution is 6.46. The minimum Gasteiger partial charge on any atom is -0.872 e. The number of hydrogen-bond acceptors (Lipinski definition) is 4. The summed E-state index contributed by atoms with van der Waals surface area (Å²) in [6, 6.07) is 11.6. The number of aryl methyl sites for hydroxylation is 1. The molecule has 3 aromatic rings. The van der Waals surface area contributed by atoms with E-state index in [2.05, 4.69) is 18.8 Å². The van der Waals surface area contributed by atoms with E-state index < -0.39 is 23.5 Å². The summed E-state index contributed by atoms with van der Waals surface area (Å²) in [6.45, 7) is 5.19. The van der Waals surface area contributed by atoms with Crippen LogP contribution in [0.2, 0.25) is 5.02 Å². The fraction of sp³-hybridized carbons (Fsp3) is 0.296. The maximum absolute atomic E-state index is 13.6. The van der Waals surface area contributed by atoms with Gasteiger partial charge in [-0.3, -0.25) is 14.6 Å². The number of aromatic amines is 1. The quantitative estimate of drug-likeness (QED) is 0.225. The molecule has 1 N–H and O–H groups in total. The third-order valence-electron chi connectivity index (χ3n) is 6.28. The lowest BCUT2D eigenvalue weighted by Crippen LogP contribution is -2.36. The molecule has 1 atom stereocenters. The molecule has 8 heteroatoms. The van der Waals surface area contributed by atoms with Gasteiger partial charge in [0.25, 0.3) is 5.91 Å². The highest BCUT2D eigenvalue weighted by Crippen LogP contribution is 2.40. The molecule has 7 nitrogen and oxygen atoms in total. The highest BCUT2D eigenvalue weighted by atomic mass is 35.5. The van der Waals surface area contributed by atoms with Gasteiger partial charge in [0.2, 0.25) is 12.1 Å². The maximum atomic E-state index is 13.6. The summed E-state index contributed by atoms with van der Waals surface area (Å²) in [5, 5.41) is 13.8. The van der Waals surface area contributed by atoms with Gasteiger partial charge in [-0.1, -0.05) is 61.5 Å². The lowest BCUT2D eigenvalue weighted by atomic mass is 9.93. The van der Waals surface area contributed by atoms with E-state index in [0.29, 0.717) is 31.2 Å². The smallest absolute Gasteiger partial charge is 0.295 e. The molecule has 1 saturated heterocycles. The fourth-order valence-electron chi connectivity index (χ4n) is 4.36. The largest absolute Gasteiger partial charge is 0.872 e. The molecule has 0 radical (unpaired) electrons. The van der Waals surface area contributed by atoms with Crippen LogP contribution in [-0.2, 0) is 16.1 Å². The van der Waals surface area contributed by atoms with E-state index >= 15 is 0 Å². The number of amides is 1. The molecule has 4 rings (SSSR count). The molecule has 1 amide bonds. The SMILES string of the molecule is COc1ccc(C([O-])=C2C(=O)C(=O)N(CCC[n+]3cc[nH]c3)C2c2ccc(C(C)C)cc2)cc1Cl. The van der Waals surface area contributed by atoms with Crippen molar-refractivity contribution in [3.63, 3.8) is 0 Å². The number of methoxy groups -OCH3 is 1. The Labute approximate surface area is 209 Å². The second-order valence-electron chi connectivity index (χ2n) is 8.85. The van der Waals surface area contributed by atoms with Gasteiger partial charge in [-0.05, 0) is 34.7 Å². The zero-order chi connectivity index (χ0) is 25.1. The number of halogens is 1. The molecule has 2 heterocycles. The van der Waals surface area contributed by atoms with Crippen LogP contribution >= 0.6 is 11.6 Å². The van der Waals surface area contributed by atoms with E-state index in [1.165, 1.54) is 18.1 Å². The molecule has 0 aliphatic carbocycles. The number of Topliss-reactive ketones (excluding diaryl/α,β-unsaturated/α-hetero) is 1. The van der Waals surface area contributed by atoms with Gasteiger partial charge in [0.1, 0.15) is 18.1 Å². The Bertz CT molecular complexity index is 1250. The zero-order valence-corrected chi connectivity index (χ0v) is 20.7. The Morgan fingerprint density at radius 1 is 1.20 bits per heavy atom. The molecule has 0 saturated carbocycles. The highest BCUT2D eigenvalue weighted by Gasteiger charge is 2.44. The normalized spacial score (nSPS) is 17.4. The molecule has 2 aromatic carbocycles. The number of aromatic nitrogens is 2. The third-order valence-corrected chi connectivity index (χ3v) is 6.58. The van der Waals surface area contributed by atoms with Gasteiger partial charge in [-0.25, -0.2) is 4.57 Å². The first-order valence-electron chi connectivity index (χ1n) is 11.5. The van der Waals surface area contributed by atoms with Gasteiger partial charge in [0.15, 0.2) is 0 Å². The Morgan fingerprint density at radius 3 is 2.54 bits per heavy atom. The van der Waals surface area contributed by atoms with E-state index in [9.17, 15) is 14.7 Å². The van der Waals surface area contributed by atoms with Gasteiger partial charge >= 0.3 is 0 Å². The number of benzene rings is 2. The number of ether oxygens (including phenoxy) is 1. The Hall–Kier alpha value is -3.58. The second-order valence-corrected chi connectivity index (χ2v) is 9.25. The van der Waals surface area contributed by atoms with Crippen LogP contribution in [0.4, 0.5) is 0 Å². The number of H-pyrrole nitrogens is 1. The number of carbonyl (C=O) groups excluding carboxylic acids is 2. The monoisotopic (exact) mass is 493 g/mol. The molecule has 0 bridgehead atoms. The third kappa shape index (κ3) is 4.95. The summed E-state index contributed by atoms with van der Waals surface area (Å²) in [7, 11) is 1.48. The topological polar surface area (TPSA) is 89.3 Å². The lowest BCUT2D eigenvalue weighted by Gasteiger charge is -2.28. The van der Waals surface area contributed by atoms with E-state index in [0.717, 1.165) is 11.1 Å². The molecular formula is C27H28ClN3O4. The molecule has 35 heavy (non-hydrogen) atoms. The van der Waals surface area contributed by atoms with Gasteiger partial charge in [-0.15, -0.1) is 0 Å². The minimum atomic E-state index is -0.769. The Kier molecular flexibility index (Phi) is 7.26. The minimum absolute atomic E-state index is 0.0529. The van der Waals surface area contributed by atoms with Crippen molar-refractivity contribution in [2.45, 2.75) is 38.8 Å². The molecule has 0 spiro atoms. The van der Waals surface area contributed by atoms with Crippen LogP contribution in [0.5, 0.6) is 5.75 Å². The van der Waals surface area contributed by atoms with Crippen LogP contribution in [0, 0.1) is 0 Å². The van der Waals surface area contributed by atoms with Gasteiger partial charge in [0.05, 0.1) is 24.7 Å². The molecule has 1 aromatic heterocycles. The summed E-state index contributed by atoms with van der Waals surface area (Å²) in [5.41, 5.74) is 2.05. The summed E-state index contributed by atoms with van der Waals surface area (Å²) in [6.07, 6.45) is 6.16. The Morgan fingerprint density at radius 2 is 1.94 bits per heavy atom. The van der Waals surface area contributed by atoms with Crippen molar-refractivity contribution in [2.75, 3.05) is 13.7 Å². The number of ketones is 1. The molecule has 1 fully saturated rings. The van der Waals surface area contributed by atoms with Crippen LogP contribution in [0.15, 0.2) is 66.8 Å². The summed E-state index contributed by atoms with van der Waals surface area (Å²) >= 11 is 6.24. The number of imidazole rings is 1. The molecule has 1 unspecified atom stereocenters. The fourth-order valence-corrected chi connectivity index (χ4v) is 4.61. The van der Waals surface area contributed by atoms with Crippen molar-refractivity contribution in [3.05, 3.63) is 88.5 Å². The van der Waals surface area contributed by atoms with E-state index in [4.69, 9.17) is 16.3 Å². The second kappa shape index (κ2) is 10.4. The molecule has 1 aliphatic heterocycles. The zero-order valence-electron chi connectivity index (χ0n) is 20.0. The van der Waals surface area contributed by atoms with Crippen molar-refractivity contribution in [1.29, 1.82) is 0 Å². The number of nitrogens with zero attached hydrogens (tertiary/aromatic N) is 2. The number of hydrogen-bond donors (Lipinski definition) is 1. The summed E-state index contributed by atoms with van der Waals surface area (Å²) in [4.78, 5) is 30.8. The lowest BCUT2D eigenvalue weighted by molar-refractivity contribution is -0.695. The molecular weight excluding hydrogens is 466 g/mol. The van der Waals surface area contributed by atoms with Crippen molar-refractivity contribution < 1.29 is 24.0 Å². The maximum Gasteiger partial charge on any atom is 0.295 e. The molecule has 1 aliphatic rings. The number of carbonyl (C=O) groups is 2. The number of nitrogens with one attached hydrogen (secondary N) is 1. The Balaban J connectivity index is 1.75. The van der Waals surface area contributed by atoms with Crippen LogP contribution < -0.4 is 14.4 Å². The van der Waals surface area contributed by atoms with Crippen LogP contribution in [0.3, 0.4) is 0 Å². The van der Waals surface area contributed by atoms with Crippen molar-refractivity contribution in [1.82, 2.24) is 9.88 Å². The first kappa shape index (κ1) is 24.5. The predicted octanol–water partition coefficient (Wildman–Crippen LogP) is 3.40.